The molecule has 1 aromatic heterocycles. The molecule has 1 aliphatic rings. The van der Waals surface area contributed by atoms with Crippen LogP contribution in [0.1, 0.15) is 0 Å². The fourth-order valence-corrected chi connectivity index (χ4v) is 2.72. The lowest BCUT2D eigenvalue weighted by Crippen LogP contribution is -2.47. The normalized spacial score (nSPS) is 15.1. The van der Waals surface area contributed by atoms with Crippen LogP contribution in [0.4, 0.5) is 11.5 Å². The predicted molar refractivity (Wildman–Crippen MR) is 84.5 cm³/mol. The van der Waals surface area contributed by atoms with Gasteiger partial charge in [-0.15, -0.1) is 0 Å². The number of benzene rings is 1. The minimum atomic E-state index is 0.468. The smallest absolute Gasteiger partial charge is 0.171 e. The average Bonchev–Trinajstić information content (AvgIpc) is 2.56. The van der Waals surface area contributed by atoms with E-state index in [9.17, 15) is 0 Å². The molecule has 0 bridgehead atoms. The topological polar surface area (TPSA) is 41.5 Å². The van der Waals surface area contributed by atoms with Crippen LogP contribution in [0.15, 0.2) is 36.7 Å². The average molecular weight is 305 g/mol. The first-order valence-electron chi connectivity index (χ1n) is 6.88. The fourth-order valence-electron chi connectivity index (χ4n) is 2.50. The van der Waals surface area contributed by atoms with E-state index in [0.29, 0.717) is 5.15 Å². The van der Waals surface area contributed by atoms with Crippen molar-refractivity contribution in [1.82, 2.24) is 9.97 Å². The van der Waals surface area contributed by atoms with Gasteiger partial charge in [-0.05, 0) is 24.3 Å². The standard InChI is InChI=1S/C15H17ClN4O/c1-21-13-4-2-12(3-5-13)19-8-10-20(11-9-19)15-14(16)17-6-7-18-15/h2-7H,8-11H2,1H3. The summed E-state index contributed by atoms with van der Waals surface area (Å²) in [6.45, 7) is 3.62. The number of methoxy groups -OCH3 is 1. The van der Waals surface area contributed by atoms with Gasteiger partial charge in [0.15, 0.2) is 11.0 Å². The van der Waals surface area contributed by atoms with Crippen LogP contribution in [-0.2, 0) is 0 Å². The van der Waals surface area contributed by atoms with Gasteiger partial charge in [0.2, 0.25) is 0 Å². The number of hydrogen-bond acceptors (Lipinski definition) is 5. The summed E-state index contributed by atoms with van der Waals surface area (Å²) in [7, 11) is 1.68. The summed E-state index contributed by atoms with van der Waals surface area (Å²) in [6.07, 6.45) is 3.29. The molecule has 0 spiro atoms. The summed E-state index contributed by atoms with van der Waals surface area (Å²) in [5, 5.41) is 0.468. The minimum Gasteiger partial charge on any atom is -0.497 e. The number of halogens is 1. The van der Waals surface area contributed by atoms with Crippen molar-refractivity contribution in [3.05, 3.63) is 41.8 Å². The number of hydrogen-bond donors (Lipinski definition) is 0. The summed E-state index contributed by atoms with van der Waals surface area (Å²) in [5.41, 5.74) is 1.21. The maximum atomic E-state index is 6.10. The summed E-state index contributed by atoms with van der Waals surface area (Å²) in [5.74, 6) is 1.65. The van der Waals surface area contributed by atoms with E-state index >= 15 is 0 Å². The van der Waals surface area contributed by atoms with Gasteiger partial charge in [0.25, 0.3) is 0 Å². The van der Waals surface area contributed by atoms with E-state index in [1.165, 1.54) is 5.69 Å². The van der Waals surface area contributed by atoms with Crippen molar-refractivity contribution in [3.63, 3.8) is 0 Å². The Bertz CT molecular complexity index is 597. The van der Waals surface area contributed by atoms with Crippen molar-refractivity contribution < 1.29 is 4.74 Å². The molecule has 0 aliphatic carbocycles. The SMILES string of the molecule is COc1ccc(N2CCN(c3nccnc3Cl)CC2)cc1. The molecule has 110 valence electrons. The molecule has 0 N–H and O–H groups in total. The summed E-state index contributed by atoms with van der Waals surface area (Å²) < 4.78 is 5.19. The van der Waals surface area contributed by atoms with E-state index in [4.69, 9.17) is 16.3 Å². The predicted octanol–water partition coefficient (Wildman–Crippen LogP) is 2.47. The van der Waals surface area contributed by atoms with E-state index in [2.05, 4.69) is 31.9 Å². The highest BCUT2D eigenvalue weighted by atomic mass is 35.5. The lowest BCUT2D eigenvalue weighted by atomic mass is 10.2. The van der Waals surface area contributed by atoms with Crippen LogP contribution in [0, 0.1) is 0 Å². The van der Waals surface area contributed by atoms with Gasteiger partial charge in [-0.25, -0.2) is 9.97 Å². The van der Waals surface area contributed by atoms with Gasteiger partial charge in [0, 0.05) is 44.3 Å². The minimum absolute atomic E-state index is 0.468. The van der Waals surface area contributed by atoms with Crippen molar-refractivity contribution in [2.24, 2.45) is 0 Å². The molecule has 0 saturated carbocycles. The highest BCUT2D eigenvalue weighted by Gasteiger charge is 2.20. The molecule has 2 heterocycles. The van der Waals surface area contributed by atoms with Gasteiger partial charge < -0.3 is 14.5 Å². The first-order chi connectivity index (χ1) is 10.3. The molecule has 2 aromatic rings. The first-order valence-corrected chi connectivity index (χ1v) is 7.26. The Hall–Kier alpha value is -2.01. The maximum absolute atomic E-state index is 6.10. The van der Waals surface area contributed by atoms with Crippen LogP contribution in [0.3, 0.4) is 0 Å². The molecule has 1 aromatic carbocycles. The van der Waals surface area contributed by atoms with Gasteiger partial charge in [-0.1, -0.05) is 11.6 Å². The molecule has 0 atom stereocenters. The molecule has 0 amide bonds. The van der Waals surface area contributed by atoms with Gasteiger partial charge >= 0.3 is 0 Å². The zero-order valence-corrected chi connectivity index (χ0v) is 12.6. The maximum Gasteiger partial charge on any atom is 0.171 e. The lowest BCUT2D eigenvalue weighted by Gasteiger charge is -2.36. The van der Waals surface area contributed by atoms with Gasteiger partial charge in [0.1, 0.15) is 5.75 Å². The monoisotopic (exact) mass is 304 g/mol. The fraction of sp³-hybridized carbons (Fsp3) is 0.333. The summed E-state index contributed by atoms with van der Waals surface area (Å²) in [4.78, 5) is 12.9. The van der Waals surface area contributed by atoms with Gasteiger partial charge in [-0.2, -0.15) is 0 Å². The number of aromatic nitrogens is 2. The van der Waals surface area contributed by atoms with Crippen LogP contribution in [0.25, 0.3) is 0 Å². The van der Waals surface area contributed by atoms with E-state index in [0.717, 1.165) is 37.7 Å². The Labute approximate surface area is 129 Å². The Balaban J connectivity index is 1.66. The van der Waals surface area contributed by atoms with Gasteiger partial charge in [-0.3, -0.25) is 0 Å². The van der Waals surface area contributed by atoms with E-state index in [1.807, 2.05) is 12.1 Å². The van der Waals surface area contributed by atoms with Crippen LogP contribution in [0.2, 0.25) is 5.15 Å². The molecule has 6 heteroatoms. The number of piperazine rings is 1. The van der Waals surface area contributed by atoms with Crippen LogP contribution in [0.5, 0.6) is 5.75 Å². The molecular formula is C15H17ClN4O. The molecule has 1 fully saturated rings. The molecule has 5 nitrogen and oxygen atoms in total. The molecule has 21 heavy (non-hydrogen) atoms. The summed E-state index contributed by atoms with van der Waals surface area (Å²) in [6, 6.07) is 8.15. The van der Waals surface area contributed by atoms with Crippen molar-refractivity contribution in [1.29, 1.82) is 0 Å². The zero-order chi connectivity index (χ0) is 14.7. The molecular weight excluding hydrogens is 288 g/mol. The second-order valence-corrected chi connectivity index (χ2v) is 5.20. The van der Waals surface area contributed by atoms with Crippen molar-refractivity contribution in [2.75, 3.05) is 43.1 Å². The Morgan fingerprint density at radius 1 is 0.952 bits per heavy atom. The van der Waals surface area contributed by atoms with Crippen molar-refractivity contribution >= 4 is 23.1 Å². The van der Waals surface area contributed by atoms with E-state index < -0.39 is 0 Å². The molecule has 0 unspecified atom stereocenters. The van der Waals surface area contributed by atoms with Crippen LogP contribution < -0.4 is 14.5 Å². The second-order valence-electron chi connectivity index (χ2n) is 4.84. The van der Waals surface area contributed by atoms with Crippen LogP contribution in [-0.4, -0.2) is 43.3 Å². The third kappa shape index (κ3) is 3.03. The van der Waals surface area contributed by atoms with Crippen molar-refractivity contribution in [3.8, 4) is 5.75 Å². The highest BCUT2D eigenvalue weighted by Crippen LogP contribution is 2.24. The Morgan fingerprint density at radius 3 is 2.19 bits per heavy atom. The summed E-state index contributed by atoms with van der Waals surface area (Å²) >= 11 is 6.10. The van der Waals surface area contributed by atoms with Crippen molar-refractivity contribution in [2.45, 2.75) is 0 Å². The molecule has 0 radical (unpaired) electrons. The van der Waals surface area contributed by atoms with Gasteiger partial charge in [0.05, 0.1) is 7.11 Å². The second kappa shape index (κ2) is 6.18. The lowest BCUT2D eigenvalue weighted by molar-refractivity contribution is 0.415. The number of nitrogens with zero attached hydrogens (tertiary/aromatic N) is 4. The number of rotatable bonds is 3. The van der Waals surface area contributed by atoms with Crippen LogP contribution >= 0.6 is 11.6 Å². The number of anilines is 2. The largest absolute Gasteiger partial charge is 0.497 e. The highest BCUT2D eigenvalue weighted by molar-refractivity contribution is 6.31. The van der Waals surface area contributed by atoms with E-state index in [-0.39, 0.29) is 0 Å². The quantitative estimate of drug-likeness (QED) is 0.871. The number of ether oxygens (including phenoxy) is 1. The molecule has 3 rings (SSSR count). The molecule has 1 saturated heterocycles. The third-order valence-corrected chi connectivity index (χ3v) is 3.92. The third-order valence-electron chi connectivity index (χ3n) is 3.65. The van der Waals surface area contributed by atoms with E-state index in [1.54, 1.807) is 19.5 Å². The Kier molecular flexibility index (Phi) is 4.10. The first kappa shape index (κ1) is 13.9. The molecule has 1 aliphatic heterocycles. The zero-order valence-electron chi connectivity index (χ0n) is 11.9. The Morgan fingerprint density at radius 2 is 1.57 bits per heavy atom.